The number of ether oxygens (including phenoxy) is 1. The Hall–Kier alpha value is -2.72. The molecule has 1 heterocycles. The lowest BCUT2D eigenvalue weighted by Gasteiger charge is -2.34. The Bertz CT molecular complexity index is 1260. The van der Waals surface area contributed by atoms with Crippen molar-refractivity contribution in [1.29, 1.82) is 0 Å². The van der Waals surface area contributed by atoms with Crippen molar-refractivity contribution in [3.05, 3.63) is 101 Å². The molecule has 5 nitrogen and oxygen atoms in total. The van der Waals surface area contributed by atoms with Gasteiger partial charge < -0.3 is 4.74 Å². The Kier molecular flexibility index (Phi) is 7.91. The normalized spacial score (nSPS) is 16.3. The van der Waals surface area contributed by atoms with E-state index in [1.165, 1.54) is 22.5 Å². The lowest BCUT2D eigenvalue weighted by molar-refractivity contribution is 0.0525. The zero-order valence-electron chi connectivity index (χ0n) is 19.3. The van der Waals surface area contributed by atoms with Crippen LogP contribution in [0.1, 0.15) is 22.8 Å². The zero-order valence-corrected chi connectivity index (χ0v) is 20.1. The topological polar surface area (TPSA) is 49.9 Å². The summed E-state index contributed by atoms with van der Waals surface area (Å²) in [6, 6.07) is 16.8. The molecule has 1 aliphatic heterocycles. The summed E-state index contributed by atoms with van der Waals surface area (Å²) in [5, 5.41) is 0. The molecule has 0 N–H and O–H groups in total. The zero-order chi connectivity index (χ0) is 25.0. The quantitative estimate of drug-likeness (QED) is 0.453. The van der Waals surface area contributed by atoms with Gasteiger partial charge in [0.25, 0.3) is 0 Å². The molecule has 0 aromatic heterocycles. The highest BCUT2D eigenvalue weighted by molar-refractivity contribution is 7.89. The third-order valence-corrected chi connectivity index (χ3v) is 8.18. The smallest absolute Gasteiger partial charge is 0.243 e. The molecule has 1 saturated heterocycles. The Labute approximate surface area is 203 Å². The molecule has 9 heteroatoms. The van der Waals surface area contributed by atoms with Gasteiger partial charge in [0, 0.05) is 32.7 Å². The summed E-state index contributed by atoms with van der Waals surface area (Å²) in [6.07, 6.45) is -0.566. The van der Waals surface area contributed by atoms with Crippen LogP contribution in [0, 0.1) is 24.4 Å². The maximum Gasteiger partial charge on any atom is 0.243 e. The lowest BCUT2D eigenvalue weighted by Crippen LogP contribution is -2.49. The van der Waals surface area contributed by atoms with Crippen LogP contribution in [0.5, 0.6) is 0 Å². The number of nitrogens with zero attached hydrogens (tertiary/aromatic N) is 2. The van der Waals surface area contributed by atoms with E-state index in [1.807, 2.05) is 30.3 Å². The Morgan fingerprint density at radius 3 is 2.26 bits per heavy atom. The number of halogens is 3. The SMILES string of the molecule is Cc1ccc(F)cc1S(=O)(=O)N1CCN(CCO[C@H](c2ccccc2)c2ccc(F)c(F)c2)CC1. The number of piperazine rings is 1. The maximum absolute atomic E-state index is 13.9. The van der Waals surface area contributed by atoms with E-state index in [0.29, 0.717) is 37.4 Å². The second-order valence-electron chi connectivity index (χ2n) is 8.49. The molecule has 0 amide bonds. The molecule has 0 unspecified atom stereocenters. The summed E-state index contributed by atoms with van der Waals surface area (Å²) in [6.45, 7) is 4.06. The molecule has 0 spiro atoms. The highest BCUT2D eigenvalue weighted by Crippen LogP contribution is 2.27. The Morgan fingerprint density at radius 2 is 1.57 bits per heavy atom. The number of benzene rings is 3. The molecule has 186 valence electrons. The first-order valence-corrected chi connectivity index (χ1v) is 12.8. The van der Waals surface area contributed by atoms with Crippen molar-refractivity contribution in [1.82, 2.24) is 9.21 Å². The van der Waals surface area contributed by atoms with Crippen LogP contribution in [-0.2, 0) is 14.8 Å². The summed E-state index contributed by atoms with van der Waals surface area (Å²) in [5.74, 6) is -2.43. The van der Waals surface area contributed by atoms with Crippen molar-refractivity contribution >= 4 is 10.0 Å². The van der Waals surface area contributed by atoms with Gasteiger partial charge in [0.1, 0.15) is 11.9 Å². The van der Waals surface area contributed by atoms with E-state index in [0.717, 1.165) is 23.8 Å². The van der Waals surface area contributed by atoms with Crippen molar-refractivity contribution in [2.45, 2.75) is 17.9 Å². The average molecular weight is 505 g/mol. The maximum atomic E-state index is 13.9. The summed E-state index contributed by atoms with van der Waals surface area (Å²) in [4.78, 5) is 2.07. The van der Waals surface area contributed by atoms with Gasteiger partial charge in [-0.1, -0.05) is 42.5 Å². The molecule has 0 bridgehead atoms. The van der Waals surface area contributed by atoms with Crippen molar-refractivity contribution in [3.63, 3.8) is 0 Å². The molecule has 0 radical (unpaired) electrons. The number of rotatable bonds is 8. The van der Waals surface area contributed by atoms with Crippen LogP contribution in [0.15, 0.2) is 71.6 Å². The first kappa shape index (κ1) is 25.4. The van der Waals surface area contributed by atoms with Crippen LogP contribution in [0.3, 0.4) is 0 Å². The molecule has 35 heavy (non-hydrogen) atoms. The number of sulfonamides is 1. The van der Waals surface area contributed by atoms with Crippen LogP contribution >= 0.6 is 0 Å². The molecule has 4 rings (SSSR count). The van der Waals surface area contributed by atoms with Crippen LogP contribution < -0.4 is 0 Å². The molecule has 0 saturated carbocycles. The second-order valence-corrected chi connectivity index (χ2v) is 10.4. The van der Waals surface area contributed by atoms with E-state index in [1.54, 1.807) is 6.92 Å². The molecular formula is C26H27F3N2O3S. The number of hydrogen-bond donors (Lipinski definition) is 0. The molecule has 1 aliphatic rings. The molecular weight excluding hydrogens is 477 g/mol. The van der Waals surface area contributed by atoms with E-state index in [2.05, 4.69) is 4.90 Å². The highest BCUT2D eigenvalue weighted by Gasteiger charge is 2.30. The third kappa shape index (κ3) is 5.92. The van der Waals surface area contributed by atoms with Crippen LogP contribution in [0.2, 0.25) is 0 Å². The fourth-order valence-corrected chi connectivity index (χ4v) is 5.83. The molecule has 1 fully saturated rings. The van der Waals surface area contributed by atoms with Gasteiger partial charge in [0.15, 0.2) is 11.6 Å². The van der Waals surface area contributed by atoms with Gasteiger partial charge in [0.05, 0.1) is 11.5 Å². The molecule has 3 aromatic carbocycles. The molecule has 3 aromatic rings. The summed E-state index contributed by atoms with van der Waals surface area (Å²) < 4.78 is 74.4. The number of aryl methyl sites for hydroxylation is 1. The lowest BCUT2D eigenvalue weighted by atomic mass is 10.0. The highest BCUT2D eigenvalue weighted by atomic mass is 32.2. The minimum absolute atomic E-state index is 0.00786. The number of hydrogen-bond acceptors (Lipinski definition) is 4. The third-order valence-electron chi connectivity index (χ3n) is 6.14. The average Bonchev–Trinajstić information content (AvgIpc) is 2.86. The van der Waals surface area contributed by atoms with Gasteiger partial charge in [-0.05, 0) is 47.9 Å². The van der Waals surface area contributed by atoms with Gasteiger partial charge in [-0.15, -0.1) is 0 Å². The Morgan fingerprint density at radius 1 is 0.857 bits per heavy atom. The fraction of sp³-hybridized carbons (Fsp3) is 0.308. The summed E-state index contributed by atoms with van der Waals surface area (Å²) >= 11 is 0. The summed E-state index contributed by atoms with van der Waals surface area (Å²) in [5.41, 5.74) is 1.84. The molecule has 1 atom stereocenters. The predicted molar refractivity (Wildman–Crippen MR) is 127 cm³/mol. The van der Waals surface area contributed by atoms with Crippen molar-refractivity contribution in [2.75, 3.05) is 39.3 Å². The van der Waals surface area contributed by atoms with E-state index in [-0.39, 0.29) is 18.0 Å². The van der Waals surface area contributed by atoms with Gasteiger partial charge in [-0.2, -0.15) is 4.31 Å². The molecule has 0 aliphatic carbocycles. The largest absolute Gasteiger partial charge is 0.367 e. The van der Waals surface area contributed by atoms with Crippen molar-refractivity contribution in [2.24, 2.45) is 0 Å². The van der Waals surface area contributed by atoms with Gasteiger partial charge >= 0.3 is 0 Å². The first-order chi connectivity index (χ1) is 16.8. The predicted octanol–water partition coefficient (Wildman–Crippen LogP) is 4.52. The van der Waals surface area contributed by atoms with Gasteiger partial charge in [-0.25, -0.2) is 21.6 Å². The van der Waals surface area contributed by atoms with E-state index in [9.17, 15) is 21.6 Å². The van der Waals surface area contributed by atoms with E-state index >= 15 is 0 Å². The van der Waals surface area contributed by atoms with Crippen LogP contribution in [0.4, 0.5) is 13.2 Å². The van der Waals surface area contributed by atoms with Gasteiger partial charge in [0.2, 0.25) is 10.0 Å². The second kappa shape index (κ2) is 10.9. The van der Waals surface area contributed by atoms with Gasteiger partial charge in [-0.3, -0.25) is 4.90 Å². The van der Waals surface area contributed by atoms with Crippen molar-refractivity contribution < 1.29 is 26.3 Å². The van der Waals surface area contributed by atoms with E-state index in [4.69, 9.17) is 4.74 Å². The van der Waals surface area contributed by atoms with Crippen LogP contribution in [0.25, 0.3) is 0 Å². The van der Waals surface area contributed by atoms with Crippen molar-refractivity contribution in [3.8, 4) is 0 Å². The minimum atomic E-state index is -3.78. The minimum Gasteiger partial charge on any atom is -0.367 e. The van der Waals surface area contributed by atoms with Crippen LogP contribution in [-0.4, -0.2) is 57.0 Å². The first-order valence-electron chi connectivity index (χ1n) is 11.4. The van der Waals surface area contributed by atoms with E-state index < -0.39 is 33.6 Å². The summed E-state index contributed by atoms with van der Waals surface area (Å²) in [7, 11) is -3.78. The fourth-order valence-electron chi connectivity index (χ4n) is 4.17. The Balaban J connectivity index is 1.37. The standard InChI is InChI=1S/C26H27F3N2O3S/c1-19-7-9-22(27)18-25(19)35(32,33)31-13-11-30(12-14-31)15-16-34-26(20-5-3-2-4-6-20)21-8-10-23(28)24(29)17-21/h2-10,17-18,26H,11-16H2,1H3/t26-/m1/s1. The monoisotopic (exact) mass is 504 g/mol.